The maximum atomic E-state index is 12.3. The monoisotopic (exact) mass is 325 g/mol. The Kier molecular flexibility index (Phi) is 3.40. The molecule has 1 aliphatic rings. The largest absolute Gasteiger partial charge is 0.534 e. The van der Waals surface area contributed by atoms with E-state index in [2.05, 4.69) is 4.18 Å². The van der Waals surface area contributed by atoms with Crippen molar-refractivity contribution >= 4 is 21.6 Å². The summed E-state index contributed by atoms with van der Waals surface area (Å²) in [6, 6.07) is 1.80. The Labute approximate surface area is 115 Å². The molecule has 0 amide bonds. The molecule has 0 aliphatic heterocycles. The molecule has 0 N–H and O–H groups in total. The van der Waals surface area contributed by atoms with Crippen molar-refractivity contribution < 1.29 is 35.5 Å². The third-order valence-electron chi connectivity index (χ3n) is 2.82. The van der Waals surface area contributed by atoms with Crippen LogP contribution in [0.5, 0.6) is 5.75 Å². The molecule has 7 nitrogen and oxygen atoms in total. The molecule has 0 atom stereocenters. The molecule has 11 heteroatoms. The van der Waals surface area contributed by atoms with Crippen molar-refractivity contribution in [2.24, 2.45) is 0 Å². The van der Waals surface area contributed by atoms with Crippen LogP contribution in [0, 0.1) is 10.1 Å². The van der Waals surface area contributed by atoms with Gasteiger partial charge in [0.1, 0.15) is 0 Å². The van der Waals surface area contributed by atoms with Crippen molar-refractivity contribution in [2.75, 3.05) is 0 Å². The molecule has 1 aromatic rings. The predicted octanol–water partition coefficient (Wildman–Crippen LogP) is 1.95. The average molecular weight is 325 g/mol. The van der Waals surface area contributed by atoms with E-state index in [1.165, 1.54) is 0 Å². The minimum atomic E-state index is -6.06. The topological polar surface area (TPSA) is 104 Å². The second kappa shape index (κ2) is 4.69. The molecule has 0 saturated carbocycles. The molecule has 114 valence electrons. The van der Waals surface area contributed by atoms with Crippen LogP contribution in [0.3, 0.4) is 0 Å². The maximum absolute atomic E-state index is 12.3. The summed E-state index contributed by atoms with van der Waals surface area (Å²) >= 11 is 0. The molecule has 0 fully saturated rings. The molecule has 2 rings (SSSR count). The van der Waals surface area contributed by atoms with Gasteiger partial charge in [0.15, 0.2) is 5.78 Å². The van der Waals surface area contributed by atoms with Gasteiger partial charge in [-0.2, -0.15) is 21.6 Å². The Morgan fingerprint density at radius 3 is 2.38 bits per heavy atom. The number of halogens is 3. The summed E-state index contributed by atoms with van der Waals surface area (Å²) in [6.45, 7) is 0. The smallest absolute Gasteiger partial charge is 0.368 e. The number of carbonyl (C=O) groups excluding carboxylic acids is 1. The van der Waals surface area contributed by atoms with Crippen LogP contribution in [0.4, 0.5) is 18.9 Å². The molecule has 0 bridgehead atoms. The number of fused-ring (bicyclic) bond motifs is 1. The standard InChI is InChI=1S/C10H6F3NO6S/c11-10(12,13)21(18,19)20-9-6-2-4-8(15)5(6)1-3-7(9)14(16)17/h1,3H,2,4H2. The van der Waals surface area contributed by atoms with Gasteiger partial charge in [0.2, 0.25) is 5.75 Å². The van der Waals surface area contributed by atoms with Gasteiger partial charge in [-0.25, -0.2) is 0 Å². The zero-order valence-corrected chi connectivity index (χ0v) is 10.8. The summed E-state index contributed by atoms with van der Waals surface area (Å²) in [5, 5.41) is 10.8. The van der Waals surface area contributed by atoms with E-state index in [1.807, 2.05) is 0 Å². The molecule has 0 heterocycles. The highest BCUT2D eigenvalue weighted by molar-refractivity contribution is 7.88. The first-order valence-electron chi connectivity index (χ1n) is 5.39. The van der Waals surface area contributed by atoms with Crippen molar-refractivity contribution in [1.82, 2.24) is 0 Å². The first-order chi connectivity index (χ1) is 9.54. The van der Waals surface area contributed by atoms with Crippen LogP contribution >= 0.6 is 0 Å². The summed E-state index contributed by atoms with van der Waals surface area (Å²) in [6.07, 6.45) is -0.211. The molecule has 1 aromatic carbocycles. The molecule has 0 aromatic heterocycles. The van der Waals surface area contributed by atoms with Gasteiger partial charge in [-0.15, -0.1) is 0 Å². The Morgan fingerprint density at radius 1 is 1.24 bits per heavy atom. The molecule has 0 saturated heterocycles. The van der Waals surface area contributed by atoms with Crippen LogP contribution in [-0.4, -0.2) is 24.6 Å². The number of Topliss-reactive ketones (excluding diaryl/α,β-unsaturated/α-hetero) is 1. The number of rotatable bonds is 3. The van der Waals surface area contributed by atoms with Crippen LogP contribution in [-0.2, 0) is 16.5 Å². The number of hydrogen-bond acceptors (Lipinski definition) is 6. The molecular formula is C10H6F3NO6S. The van der Waals surface area contributed by atoms with Gasteiger partial charge in [0.05, 0.1) is 4.92 Å². The minimum absolute atomic E-state index is 0.0759. The number of carbonyl (C=O) groups is 1. The minimum Gasteiger partial charge on any atom is -0.368 e. The summed E-state index contributed by atoms with van der Waals surface area (Å²) in [4.78, 5) is 21.2. The lowest BCUT2D eigenvalue weighted by molar-refractivity contribution is -0.385. The number of nitro groups is 1. The molecule has 0 unspecified atom stereocenters. The fourth-order valence-electron chi connectivity index (χ4n) is 1.89. The van der Waals surface area contributed by atoms with E-state index in [9.17, 15) is 36.5 Å². The first kappa shape index (κ1) is 15.2. The number of benzene rings is 1. The third-order valence-corrected chi connectivity index (χ3v) is 3.77. The van der Waals surface area contributed by atoms with Gasteiger partial charge in [-0.3, -0.25) is 14.9 Å². The van der Waals surface area contributed by atoms with Gasteiger partial charge in [0.25, 0.3) is 0 Å². The van der Waals surface area contributed by atoms with Crippen molar-refractivity contribution in [3.8, 4) is 5.75 Å². The van der Waals surface area contributed by atoms with Gasteiger partial charge >= 0.3 is 21.3 Å². The molecule has 0 spiro atoms. The second-order valence-corrected chi connectivity index (χ2v) is 5.64. The van der Waals surface area contributed by atoms with Crippen molar-refractivity contribution in [3.63, 3.8) is 0 Å². The van der Waals surface area contributed by atoms with Crippen LogP contribution in [0.2, 0.25) is 0 Å². The Morgan fingerprint density at radius 2 is 1.86 bits per heavy atom. The van der Waals surface area contributed by atoms with Gasteiger partial charge in [0, 0.05) is 23.6 Å². The summed E-state index contributed by atoms with van der Waals surface area (Å²) < 4.78 is 62.9. The fraction of sp³-hybridized carbons (Fsp3) is 0.300. The Balaban J connectivity index is 2.62. The van der Waals surface area contributed by atoms with Crippen LogP contribution in [0.1, 0.15) is 22.3 Å². The van der Waals surface area contributed by atoms with E-state index >= 15 is 0 Å². The van der Waals surface area contributed by atoms with Crippen LogP contribution in [0.25, 0.3) is 0 Å². The lowest BCUT2D eigenvalue weighted by atomic mass is 10.1. The SMILES string of the molecule is O=C1CCc2c1ccc([N+](=O)[O-])c2OS(=O)(=O)C(F)(F)F. The first-order valence-corrected chi connectivity index (χ1v) is 6.79. The second-order valence-electron chi connectivity index (χ2n) is 4.10. The number of nitro benzene ring substituents is 1. The zero-order chi connectivity index (χ0) is 16.0. The highest BCUT2D eigenvalue weighted by atomic mass is 32.2. The number of alkyl halides is 3. The molecule has 1 aliphatic carbocycles. The quantitative estimate of drug-likeness (QED) is 0.364. The normalized spacial score (nSPS) is 14.9. The van der Waals surface area contributed by atoms with E-state index in [0.29, 0.717) is 0 Å². The van der Waals surface area contributed by atoms with E-state index in [4.69, 9.17) is 0 Å². The highest BCUT2D eigenvalue weighted by Crippen LogP contribution is 2.40. The molecule has 21 heavy (non-hydrogen) atoms. The van der Waals surface area contributed by atoms with E-state index < -0.39 is 37.8 Å². The van der Waals surface area contributed by atoms with Crippen LogP contribution < -0.4 is 4.18 Å². The Hall–Kier alpha value is -2.17. The van der Waals surface area contributed by atoms with Crippen LogP contribution in [0.15, 0.2) is 12.1 Å². The molecule has 0 radical (unpaired) electrons. The Bertz CT molecular complexity index is 740. The predicted molar refractivity (Wildman–Crippen MR) is 61.4 cm³/mol. The van der Waals surface area contributed by atoms with Gasteiger partial charge in [-0.1, -0.05) is 0 Å². The maximum Gasteiger partial charge on any atom is 0.534 e. The number of ketones is 1. The van der Waals surface area contributed by atoms with Crippen molar-refractivity contribution in [2.45, 2.75) is 18.3 Å². The summed E-state index contributed by atoms with van der Waals surface area (Å²) in [5.41, 5.74) is -6.96. The van der Waals surface area contributed by atoms with E-state index in [0.717, 1.165) is 12.1 Å². The summed E-state index contributed by atoms with van der Waals surface area (Å²) in [7, 11) is -6.06. The number of nitrogens with zero attached hydrogens (tertiary/aromatic N) is 1. The van der Waals surface area contributed by atoms with Crippen molar-refractivity contribution in [3.05, 3.63) is 33.4 Å². The van der Waals surface area contributed by atoms with E-state index in [1.54, 1.807) is 0 Å². The van der Waals surface area contributed by atoms with Gasteiger partial charge < -0.3 is 4.18 Å². The molecular weight excluding hydrogens is 319 g/mol. The third kappa shape index (κ3) is 2.55. The summed E-state index contributed by atoms with van der Waals surface area (Å²) in [5.74, 6) is -1.50. The van der Waals surface area contributed by atoms with E-state index in [-0.39, 0.29) is 24.0 Å². The lowest BCUT2D eigenvalue weighted by Crippen LogP contribution is -2.28. The zero-order valence-electron chi connectivity index (χ0n) is 10.0. The van der Waals surface area contributed by atoms with Gasteiger partial charge in [-0.05, 0) is 12.5 Å². The van der Waals surface area contributed by atoms with Crippen molar-refractivity contribution in [1.29, 1.82) is 0 Å². The average Bonchev–Trinajstić information content (AvgIpc) is 2.70. The number of hydrogen-bond donors (Lipinski definition) is 0. The lowest BCUT2D eigenvalue weighted by Gasteiger charge is -2.12. The fourth-order valence-corrected chi connectivity index (χ4v) is 2.39. The highest BCUT2D eigenvalue weighted by Gasteiger charge is 2.50.